The summed E-state index contributed by atoms with van der Waals surface area (Å²) in [7, 11) is -3.42. The van der Waals surface area contributed by atoms with Gasteiger partial charge in [-0.05, 0) is 31.5 Å². The molecule has 0 fully saturated rings. The predicted octanol–water partition coefficient (Wildman–Crippen LogP) is 3.25. The molecule has 1 amide bonds. The fourth-order valence-electron chi connectivity index (χ4n) is 2.73. The average molecular weight is 357 g/mol. The van der Waals surface area contributed by atoms with E-state index in [0.29, 0.717) is 5.58 Å². The van der Waals surface area contributed by atoms with E-state index in [1.54, 1.807) is 30.3 Å². The molecule has 25 heavy (non-hydrogen) atoms. The molecule has 5 nitrogen and oxygen atoms in total. The van der Waals surface area contributed by atoms with Crippen LogP contribution in [0.25, 0.3) is 11.0 Å². The molecule has 0 aliphatic carbocycles. The molecule has 1 aromatic heterocycles. The van der Waals surface area contributed by atoms with Gasteiger partial charge in [-0.25, -0.2) is 8.42 Å². The fourth-order valence-corrected chi connectivity index (χ4v) is 3.90. The fraction of sp³-hybridized carbons (Fsp3) is 0.211. The maximum atomic E-state index is 12.4. The highest BCUT2D eigenvalue weighted by molar-refractivity contribution is 7.91. The number of aryl methyl sites for hydroxylation is 2. The summed E-state index contributed by atoms with van der Waals surface area (Å²) in [6.07, 6.45) is 0. The van der Waals surface area contributed by atoms with Gasteiger partial charge in [-0.2, -0.15) is 0 Å². The molecular formula is C19H19NO4S. The second-order valence-electron chi connectivity index (χ2n) is 5.90. The largest absolute Gasteiger partial charge is 0.450 e. The van der Waals surface area contributed by atoms with Crippen LogP contribution >= 0.6 is 0 Å². The van der Waals surface area contributed by atoms with Crippen molar-refractivity contribution in [3.05, 3.63) is 65.4 Å². The molecule has 3 rings (SSSR count). The van der Waals surface area contributed by atoms with Gasteiger partial charge in [0.15, 0.2) is 15.6 Å². The first-order valence-electron chi connectivity index (χ1n) is 7.95. The van der Waals surface area contributed by atoms with Crippen LogP contribution in [0.2, 0.25) is 0 Å². The van der Waals surface area contributed by atoms with E-state index in [4.69, 9.17) is 4.42 Å². The molecule has 1 N–H and O–H groups in total. The lowest BCUT2D eigenvalue weighted by Gasteiger charge is -2.06. The molecule has 0 aliphatic rings. The third-order valence-corrected chi connectivity index (χ3v) is 5.86. The lowest BCUT2D eigenvalue weighted by atomic mass is 10.1. The zero-order valence-electron chi connectivity index (χ0n) is 14.1. The van der Waals surface area contributed by atoms with Crippen LogP contribution in [0.15, 0.2) is 57.8 Å². The molecular weight excluding hydrogens is 338 g/mol. The van der Waals surface area contributed by atoms with Gasteiger partial charge in [-0.15, -0.1) is 0 Å². The highest BCUT2D eigenvalue weighted by Gasteiger charge is 2.19. The minimum Gasteiger partial charge on any atom is -0.450 e. The molecule has 0 saturated heterocycles. The van der Waals surface area contributed by atoms with Crippen LogP contribution in [0.3, 0.4) is 0 Å². The van der Waals surface area contributed by atoms with Crippen molar-refractivity contribution in [1.82, 2.24) is 5.32 Å². The van der Waals surface area contributed by atoms with Gasteiger partial charge >= 0.3 is 0 Å². The van der Waals surface area contributed by atoms with Gasteiger partial charge in [-0.3, -0.25) is 4.79 Å². The van der Waals surface area contributed by atoms with Crippen molar-refractivity contribution in [1.29, 1.82) is 0 Å². The Labute approximate surface area is 146 Å². The number of nitrogens with one attached hydrogen (secondary N) is 1. The Bertz CT molecular complexity index is 1020. The van der Waals surface area contributed by atoms with Gasteiger partial charge in [-0.1, -0.05) is 36.4 Å². The smallest absolute Gasteiger partial charge is 0.287 e. The summed E-state index contributed by atoms with van der Waals surface area (Å²) >= 11 is 0. The van der Waals surface area contributed by atoms with Crippen molar-refractivity contribution in [2.45, 2.75) is 18.7 Å². The number of fused-ring (bicyclic) bond motifs is 1. The summed E-state index contributed by atoms with van der Waals surface area (Å²) in [5.41, 5.74) is 2.38. The van der Waals surface area contributed by atoms with Crippen LogP contribution in [-0.2, 0) is 9.84 Å². The van der Waals surface area contributed by atoms with Crippen LogP contribution in [0.5, 0.6) is 0 Å². The Balaban J connectivity index is 1.72. The SMILES string of the molecule is Cc1c(C(=O)NCCS(=O)(=O)c2ccccc2)oc2c(C)cccc12. The van der Waals surface area contributed by atoms with Crippen LogP contribution in [0.4, 0.5) is 0 Å². The summed E-state index contributed by atoms with van der Waals surface area (Å²) < 4.78 is 30.2. The Morgan fingerprint density at radius 2 is 1.76 bits per heavy atom. The molecule has 0 radical (unpaired) electrons. The number of amides is 1. The number of carbonyl (C=O) groups is 1. The molecule has 0 spiro atoms. The van der Waals surface area contributed by atoms with E-state index in [1.165, 1.54) is 0 Å². The zero-order valence-corrected chi connectivity index (χ0v) is 14.9. The number of sulfone groups is 1. The summed E-state index contributed by atoms with van der Waals surface area (Å²) in [4.78, 5) is 12.6. The summed E-state index contributed by atoms with van der Waals surface area (Å²) in [6.45, 7) is 3.76. The van der Waals surface area contributed by atoms with Crippen LogP contribution in [0, 0.1) is 13.8 Å². The number of hydrogen-bond donors (Lipinski definition) is 1. The van der Waals surface area contributed by atoms with Crippen molar-refractivity contribution in [3.8, 4) is 0 Å². The number of carbonyl (C=O) groups excluding carboxylic acids is 1. The van der Waals surface area contributed by atoms with Crippen LogP contribution < -0.4 is 5.32 Å². The zero-order chi connectivity index (χ0) is 18.0. The highest BCUT2D eigenvalue weighted by atomic mass is 32.2. The van der Waals surface area contributed by atoms with E-state index < -0.39 is 15.7 Å². The quantitative estimate of drug-likeness (QED) is 0.760. The number of benzene rings is 2. The van der Waals surface area contributed by atoms with E-state index >= 15 is 0 Å². The maximum Gasteiger partial charge on any atom is 0.287 e. The van der Waals surface area contributed by atoms with Crippen LogP contribution in [0.1, 0.15) is 21.7 Å². The first kappa shape index (κ1) is 17.2. The normalized spacial score (nSPS) is 11.6. The molecule has 0 bridgehead atoms. The molecule has 0 saturated carbocycles. The monoisotopic (exact) mass is 357 g/mol. The van der Waals surface area contributed by atoms with E-state index in [2.05, 4.69) is 5.32 Å². The van der Waals surface area contributed by atoms with Crippen molar-refractivity contribution >= 4 is 26.7 Å². The maximum absolute atomic E-state index is 12.4. The molecule has 2 aromatic carbocycles. The van der Waals surface area contributed by atoms with Gasteiger partial charge < -0.3 is 9.73 Å². The van der Waals surface area contributed by atoms with Gasteiger partial charge in [0.2, 0.25) is 0 Å². The van der Waals surface area contributed by atoms with E-state index in [9.17, 15) is 13.2 Å². The van der Waals surface area contributed by atoms with Gasteiger partial charge in [0.1, 0.15) is 5.58 Å². The summed E-state index contributed by atoms with van der Waals surface area (Å²) in [5.74, 6) is -0.348. The highest BCUT2D eigenvalue weighted by Crippen LogP contribution is 2.27. The lowest BCUT2D eigenvalue weighted by Crippen LogP contribution is -2.29. The van der Waals surface area contributed by atoms with Crippen molar-refractivity contribution in [2.75, 3.05) is 12.3 Å². The van der Waals surface area contributed by atoms with Crippen molar-refractivity contribution in [3.63, 3.8) is 0 Å². The van der Waals surface area contributed by atoms with E-state index in [0.717, 1.165) is 16.5 Å². The standard InChI is InChI=1S/C19H19NO4S/c1-13-7-6-10-16-14(2)18(24-17(13)16)19(21)20-11-12-25(22,23)15-8-4-3-5-9-15/h3-10H,11-12H2,1-2H3,(H,20,21). The molecule has 0 aliphatic heterocycles. The minimum absolute atomic E-state index is 0.0194. The van der Waals surface area contributed by atoms with Crippen LogP contribution in [-0.4, -0.2) is 26.6 Å². The first-order valence-corrected chi connectivity index (χ1v) is 9.60. The Hall–Kier alpha value is -2.60. The molecule has 1 heterocycles. The van der Waals surface area contributed by atoms with Gasteiger partial charge in [0, 0.05) is 17.5 Å². The topological polar surface area (TPSA) is 76.4 Å². The van der Waals surface area contributed by atoms with E-state index in [-0.39, 0.29) is 23.0 Å². The molecule has 0 atom stereocenters. The Morgan fingerprint density at radius 1 is 1.04 bits per heavy atom. The summed E-state index contributed by atoms with van der Waals surface area (Å²) in [5, 5.41) is 3.53. The molecule has 6 heteroatoms. The number of hydrogen-bond acceptors (Lipinski definition) is 4. The molecule has 0 unspecified atom stereocenters. The lowest BCUT2D eigenvalue weighted by molar-refractivity contribution is 0.0930. The second-order valence-corrected chi connectivity index (χ2v) is 8.00. The Kier molecular flexibility index (Phi) is 4.63. The average Bonchev–Trinajstić information content (AvgIpc) is 2.94. The minimum atomic E-state index is -3.42. The number of para-hydroxylation sites is 1. The Morgan fingerprint density at radius 3 is 2.44 bits per heavy atom. The molecule has 3 aromatic rings. The van der Waals surface area contributed by atoms with Crippen molar-refractivity contribution in [2.24, 2.45) is 0 Å². The van der Waals surface area contributed by atoms with Crippen molar-refractivity contribution < 1.29 is 17.6 Å². The third-order valence-electron chi connectivity index (χ3n) is 4.13. The predicted molar refractivity (Wildman–Crippen MR) is 96.5 cm³/mol. The number of furan rings is 1. The second kappa shape index (κ2) is 6.72. The number of rotatable bonds is 5. The van der Waals surface area contributed by atoms with Gasteiger partial charge in [0.05, 0.1) is 10.6 Å². The summed E-state index contributed by atoms with van der Waals surface area (Å²) in [6, 6.07) is 13.9. The first-order chi connectivity index (χ1) is 11.9. The van der Waals surface area contributed by atoms with E-state index in [1.807, 2.05) is 32.0 Å². The van der Waals surface area contributed by atoms with Gasteiger partial charge in [0.25, 0.3) is 5.91 Å². The third kappa shape index (κ3) is 3.44. The molecule has 130 valence electrons.